The molecule has 0 aliphatic carbocycles. The summed E-state index contributed by atoms with van der Waals surface area (Å²) in [4.78, 5) is 6.72. The highest BCUT2D eigenvalue weighted by atomic mass is 35.5. The van der Waals surface area contributed by atoms with Crippen molar-refractivity contribution in [2.24, 2.45) is 5.73 Å². The Hall–Kier alpha value is -1.99. The first-order valence-corrected chi connectivity index (χ1v) is 10.2. The van der Waals surface area contributed by atoms with Gasteiger partial charge >= 0.3 is 0 Å². The van der Waals surface area contributed by atoms with Crippen LogP contribution in [-0.4, -0.2) is 30.2 Å². The Morgan fingerprint density at radius 3 is 2.79 bits per heavy atom. The lowest BCUT2D eigenvalue weighted by molar-refractivity contribution is 0.406. The highest BCUT2D eigenvalue weighted by molar-refractivity contribution is 7.99. The van der Waals surface area contributed by atoms with Crippen LogP contribution in [0.3, 0.4) is 0 Å². The predicted octanol–water partition coefficient (Wildman–Crippen LogP) is 4.76. The normalized spacial score (nSPS) is 11.7. The lowest BCUT2D eigenvalue weighted by Crippen LogP contribution is -2.17. The van der Waals surface area contributed by atoms with Crippen molar-refractivity contribution >= 4 is 40.0 Å². The number of pyridine rings is 1. The van der Waals surface area contributed by atoms with Crippen LogP contribution in [0.5, 0.6) is 5.75 Å². The van der Waals surface area contributed by atoms with E-state index in [-0.39, 0.29) is 5.48 Å². The van der Waals surface area contributed by atoms with Crippen molar-refractivity contribution in [1.29, 1.82) is 0 Å². The van der Waals surface area contributed by atoms with Crippen molar-refractivity contribution < 1.29 is 10.2 Å². The summed E-state index contributed by atoms with van der Waals surface area (Å²) in [5, 5.41) is 5.33. The number of nitrogens with zero attached hydrogens (tertiary/aromatic N) is 1. The number of anilines is 1. The largest absolute Gasteiger partial charge is 0.495 e. The van der Waals surface area contributed by atoms with E-state index in [9.17, 15) is 0 Å². The van der Waals surface area contributed by atoms with E-state index in [0.717, 1.165) is 45.0 Å². The minimum atomic E-state index is 0. The summed E-state index contributed by atoms with van der Waals surface area (Å²) < 4.78 is 5.72. The summed E-state index contributed by atoms with van der Waals surface area (Å²) >= 11 is 7.78. The number of halogens is 1. The van der Waals surface area contributed by atoms with Crippen LogP contribution in [0.25, 0.3) is 10.9 Å². The molecule has 0 saturated carbocycles. The first-order chi connectivity index (χ1) is 13.1. The van der Waals surface area contributed by atoms with Crippen molar-refractivity contribution in [2.45, 2.75) is 35.6 Å². The summed E-state index contributed by atoms with van der Waals surface area (Å²) in [6.45, 7) is 2.86. The first kappa shape index (κ1) is 22.3. The van der Waals surface area contributed by atoms with Crippen LogP contribution >= 0.6 is 23.4 Å². The van der Waals surface area contributed by atoms with Gasteiger partial charge in [-0.2, -0.15) is 0 Å². The van der Waals surface area contributed by atoms with Crippen molar-refractivity contribution in [3.05, 3.63) is 53.7 Å². The molecule has 0 radical (unpaired) electrons. The number of hydrogen-bond donors (Lipinski definition) is 2. The zero-order valence-corrected chi connectivity index (χ0v) is 17.6. The van der Waals surface area contributed by atoms with E-state index >= 15 is 0 Å². The second kappa shape index (κ2) is 10.5. The van der Waals surface area contributed by atoms with E-state index in [1.54, 1.807) is 18.9 Å². The van der Waals surface area contributed by atoms with Crippen molar-refractivity contribution in [3.63, 3.8) is 0 Å². The lowest BCUT2D eigenvalue weighted by atomic mass is 10.1. The van der Waals surface area contributed by atoms with E-state index in [0.29, 0.717) is 17.6 Å². The number of ether oxygens (including phenoxy) is 1. The van der Waals surface area contributed by atoms with Crippen LogP contribution in [0.1, 0.15) is 19.8 Å². The number of rotatable bonds is 8. The Kier molecular flexibility index (Phi) is 8.38. The van der Waals surface area contributed by atoms with E-state index < -0.39 is 0 Å². The van der Waals surface area contributed by atoms with Crippen LogP contribution in [-0.2, 0) is 0 Å². The van der Waals surface area contributed by atoms with Crippen LogP contribution in [0.15, 0.2) is 58.5 Å². The Labute approximate surface area is 174 Å². The van der Waals surface area contributed by atoms with Gasteiger partial charge in [-0.05, 0) is 56.6 Å². The summed E-state index contributed by atoms with van der Waals surface area (Å²) in [6, 6.07) is 14.2. The van der Waals surface area contributed by atoms with Crippen LogP contribution < -0.4 is 15.8 Å². The third-order valence-electron chi connectivity index (χ3n) is 4.29. The molecule has 0 aliphatic rings. The number of aromatic nitrogens is 1. The van der Waals surface area contributed by atoms with E-state index in [2.05, 4.69) is 23.3 Å². The fraction of sp³-hybridized carbons (Fsp3) is 0.286. The zero-order chi connectivity index (χ0) is 19.2. The Morgan fingerprint density at radius 2 is 2.07 bits per heavy atom. The second-order valence-corrected chi connectivity index (χ2v) is 7.91. The molecule has 0 aliphatic heterocycles. The third kappa shape index (κ3) is 5.29. The Morgan fingerprint density at radius 1 is 1.25 bits per heavy atom. The number of fused-ring (bicyclic) bond motifs is 1. The van der Waals surface area contributed by atoms with E-state index in [1.807, 2.05) is 42.6 Å². The molecule has 0 saturated heterocycles. The molecule has 5 nitrogen and oxygen atoms in total. The summed E-state index contributed by atoms with van der Waals surface area (Å²) in [5.74, 6) is 0.814. The number of hydrogen-bond acceptors (Lipinski definition) is 5. The smallest absolute Gasteiger partial charge is 0.135 e. The molecule has 3 aromatic rings. The molecule has 1 unspecified atom stereocenters. The Bertz CT molecular complexity index is 923. The number of benzene rings is 2. The molecule has 3 rings (SSSR count). The van der Waals surface area contributed by atoms with Crippen molar-refractivity contribution in [3.8, 4) is 5.75 Å². The molecule has 0 spiro atoms. The average Bonchev–Trinajstić information content (AvgIpc) is 2.68. The Balaban J connectivity index is 0.00000280. The molecular formula is C21H26ClN3O2S. The number of methoxy groups -OCH3 is 1. The van der Waals surface area contributed by atoms with Gasteiger partial charge in [-0.1, -0.05) is 29.4 Å². The summed E-state index contributed by atoms with van der Waals surface area (Å²) in [7, 11) is 1.70. The quantitative estimate of drug-likeness (QED) is 0.549. The van der Waals surface area contributed by atoms with Gasteiger partial charge in [0.2, 0.25) is 0 Å². The van der Waals surface area contributed by atoms with Gasteiger partial charge in [0.05, 0.1) is 23.2 Å². The minimum absolute atomic E-state index is 0. The molecule has 1 aromatic heterocycles. The molecule has 5 N–H and O–H groups in total. The molecule has 2 aromatic carbocycles. The van der Waals surface area contributed by atoms with Gasteiger partial charge in [0.1, 0.15) is 5.75 Å². The van der Waals surface area contributed by atoms with Gasteiger partial charge in [-0.3, -0.25) is 4.98 Å². The SMILES string of the molecule is COc1cc(NC(C)CCCN)c2ncccc2c1Sc1cccc(Cl)c1.O. The molecule has 1 atom stereocenters. The zero-order valence-electron chi connectivity index (χ0n) is 16.0. The second-order valence-electron chi connectivity index (χ2n) is 6.39. The highest BCUT2D eigenvalue weighted by Crippen LogP contribution is 2.43. The molecular weight excluding hydrogens is 394 g/mol. The maximum Gasteiger partial charge on any atom is 0.135 e. The van der Waals surface area contributed by atoms with Gasteiger partial charge in [0.25, 0.3) is 0 Å². The molecule has 150 valence electrons. The molecule has 0 amide bonds. The molecule has 0 bridgehead atoms. The standard InChI is InChI=1S/C21H24ClN3OS.H2O/c1-14(6-4-10-23)25-18-13-19(26-2)21(17-9-5-11-24-20(17)18)27-16-8-3-7-15(22)12-16;/h3,5,7-9,11-14,25H,4,6,10,23H2,1-2H3;1H2. The molecule has 0 fully saturated rings. The minimum Gasteiger partial charge on any atom is -0.495 e. The van der Waals surface area contributed by atoms with E-state index in [4.69, 9.17) is 22.1 Å². The highest BCUT2D eigenvalue weighted by Gasteiger charge is 2.16. The van der Waals surface area contributed by atoms with Gasteiger partial charge in [0.15, 0.2) is 0 Å². The van der Waals surface area contributed by atoms with Crippen molar-refractivity contribution in [1.82, 2.24) is 4.98 Å². The van der Waals surface area contributed by atoms with Gasteiger partial charge in [-0.25, -0.2) is 0 Å². The topological polar surface area (TPSA) is 91.7 Å². The first-order valence-electron chi connectivity index (χ1n) is 8.98. The fourth-order valence-electron chi connectivity index (χ4n) is 2.98. The monoisotopic (exact) mass is 419 g/mol. The van der Waals surface area contributed by atoms with Crippen LogP contribution in [0.2, 0.25) is 5.02 Å². The van der Waals surface area contributed by atoms with Gasteiger partial charge in [-0.15, -0.1) is 0 Å². The summed E-state index contributed by atoms with van der Waals surface area (Å²) in [5.41, 5.74) is 7.55. The molecule has 7 heteroatoms. The van der Waals surface area contributed by atoms with Gasteiger partial charge in [0, 0.05) is 33.6 Å². The van der Waals surface area contributed by atoms with Gasteiger partial charge < -0.3 is 21.3 Å². The van der Waals surface area contributed by atoms with Crippen LogP contribution in [0.4, 0.5) is 5.69 Å². The predicted molar refractivity (Wildman–Crippen MR) is 119 cm³/mol. The average molecular weight is 420 g/mol. The molecule has 28 heavy (non-hydrogen) atoms. The molecule has 1 heterocycles. The van der Waals surface area contributed by atoms with Crippen LogP contribution in [0, 0.1) is 0 Å². The van der Waals surface area contributed by atoms with E-state index in [1.165, 1.54) is 0 Å². The fourth-order valence-corrected chi connectivity index (χ4v) is 4.32. The number of nitrogens with two attached hydrogens (primary N) is 1. The summed E-state index contributed by atoms with van der Waals surface area (Å²) in [6.07, 6.45) is 3.81. The maximum atomic E-state index is 6.15. The van der Waals surface area contributed by atoms with Crippen molar-refractivity contribution in [2.75, 3.05) is 19.0 Å². The maximum absolute atomic E-state index is 6.15. The lowest BCUT2D eigenvalue weighted by Gasteiger charge is -2.19. The number of nitrogens with one attached hydrogen (secondary N) is 1. The third-order valence-corrected chi connectivity index (χ3v) is 5.64.